The number of carbonyl (C=O) groups excluding carboxylic acids is 2. The molecule has 1 aliphatic heterocycles. The van der Waals surface area contributed by atoms with E-state index in [2.05, 4.69) is 0 Å². The zero-order valence-electron chi connectivity index (χ0n) is 22.8. The molecule has 7 nitrogen and oxygen atoms in total. The molecule has 1 fully saturated rings. The number of benzene rings is 2. The summed E-state index contributed by atoms with van der Waals surface area (Å²) in [7, 11) is 4.39. The van der Waals surface area contributed by atoms with Gasteiger partial charge < -0.3 is 24.4 Å². The number of carbonyl (C=O) groups is 2. The van der Waals surface area contributed by atoms with Gasteiger partial charge in [-0.05, 0) is 49.6 Å². The van der Waals surface area contributed by atoms with Gasteiger partial charge in [0.1, 0.15) is 11.5 Å². The van der Waals surface area contributed by atoms with Crippen LogP contribution in [0, 0.1) is 5.92 Å². The molecule has 2 amide bonds. The van der Waals surface area contributed by atoms with Crippen LogP contribution in [0.3, 0.4) is 0 Å². The van der Waals surface area contributed by atoms with Crippen molar-refractivity contribution in [1.82, 2.24) is 9.80 Å². The first-order chi connectivity index (χ1) is 19.1. The van der Waals surface area contributed by atoms with Crippen LogP contribution in [0.15, 0.2) is 42.5 Å². The van der Waals surface area contributed by atoms with E-state index in [1.165, 1.54) is 42.3 Å². The van der Waals surface area contributed by atoms with Crippen molar-refractivity contribution in [2.24, 2.45) is 5.92 Å². The number of piperidine rings is 1. The number of ether oxygens (including phenoxy) is 2. The van der Waals surface area contributed by atoms with E-state index >= 15 is 0 Å². The fourth-order valence-corrected chi connectivity index (χ4v) is 4.94. The van der Waals surface area contributed by atoms with Crippen LogP contribution in [-0.2, 0) is 10.4 Å². The fourth-order valence-electron chi connectivity index (χ4n) is 4.69. The number of likely N-dealkylation sites (tertiary alicyclic amines) is 1. The summed E-state index contributed by atoms with van der Waals surface area (Å²) in [5.74, 6) is -5.89. The highest BCUT2D eigenvalue weighted by Crippen LogP contribution is 2.43. The Kier molecular flexibility index (Phi) is 10.1. The van der Waals surface area contributed by atoms with E-state index in [9.17, 15) is 36.6 Å². The van der Waals surface area contributed by atoms with Crippen molar-refractivity contribution < 1.29 is 46.1 Å². The van der Waals surface area contributed by atoms with E-state index in [0.29, 0.717) is 5.75 Å². The van der Waals surface area contributed by atoms with Crippen molar-refractivity contribution >= 4 is 23.4 Å². The summed E-state index contributed by atoms with van der Waals surface area (Å²) >= 11 is 6.13. The Hall–Kier alpha value is -3.12. The van der Waals surface area contributed by atoms with Gasteiger partial charge in [-0.1, -0.05) is 23.7 Å². The van der Waals surface area contributed by atoms with Crippen LogP contribution in [0.25, 0.3) is 0 Å². The molecule has 0 aromatic heterocycles. The van der Waals surface area contributed by atoms with Gasteiger partial charge in [0.2, 0.25) is 0 Å². The lowest BCUT2D eigenvalue weighted by Gasteiger charge is -2.40. The van der Waals surface area contributed by atoms with Gasteiger partial charge in [0.15, 0.2) is 0 Å². The van der Waals surface area contributed by atoms with Gasteiger partial charge >= 0.3 is 6.18 Å². The minimum absolute atomic E-state index is 0.0137. The first-order valence-electron chi connectivity index (χ1n) is 12.9. The van der Waals surface area contributed by atoms with Crippen LogP contribution in [0.5, 0.6) is 11.5 Å². The van der Waals surface area contributed by atoms with Crippen molar-refractivity contribution in [3.05, 3.63) is 58.6 Å². The van der Waals surface area contributed by atoms with Crippen molar-refractivity contribution in [2.45, 2.75) is 43.4 Å². The maximum atomic E-state index is 15.0. The summed E-state index contributed by atoms with van der Waals surface area (Å²) in [5.41, 5.74) is -4.30. The number of alkyl halides is 5. The molecule has 1 N–H and O–H groups in total. The lowest BCUT2D eigenvalue weighted by Crippen LogP contribution is -2.57. The summed E-state index contributed by atoms with van der Waals surface area (Å²) in [6.45, 7) is -0.785. The predicted molar refractivity (Wildman–Crippen MR) is 141 cm³/mol. The number of methoxy groups -OCH3 is 1. The summed E-state index contributed by atoms with van der Waals surface area (Å²) in [5, 5.41) is 10.8. The summed E-state index contributed by atoms with van der Waals surface area (Å²) < 4.78 is 82.3. The molecule has 0 unspecified atom stereocenters. The van der Waals surface area contributed by atoms with Crippen molar-refractivity contribution in [3.8, 4) is 11.5 Å². The van der Waals surface area contributed by atoms with Gasteiger partial charge in [-0.15, -0.1) is 0 Å². The fraction of sp³-hybridized carbons (Fsp3) is 0.500. The van der Waals surface area contributed by atoms with E-state index in [1.54, 1.807) is 14.1 Å². The molecule has 0 bridgehead atoms. The molecular weight excluding hydrogens is 575 g/mol. The topological polar surface area (TPSA) is 79.3 Å². The number of aliphatic hydroxyl groups is 1. The monoisotopic (exact) mass is 606 g/mol. The van der Waals surface area contributed by atoms with Crippen LogP contribution in [0.4, 0.5) is 22.0 Å². The Labute approximate surface area is 239 Å². The summed E-state index contributed by atoms with van der Waals surface area (Å²) in [4.78, 5) is 27.2. The zero-order valence-corrected chi connectivity index (χ0v) is 23.6. The summed E-state index contributed by atoms with van der Waals surface area (Å²) in [6.07, 6.45) is -6.38. The number of halogens is 6. The highest BCUT2D eigenvalue weighted by molar-refractivity contribution is 6.34. The largest absolute Gasteiger partial charge is 0.497 e. The smallest absolute Gasteiger partial charge is 0.430 e. The lowest BCUT2D eigenvalue weighted by molar-refractivity contribution is -0.262. The van der Waals surface area contributed by atoms with E-state index in [0.717, 1.165) is 17.0 Å². The van der Waals surface area contributed by atoms with Crippen LogP contribution in [0.1, 0.15) is 41.6 Å². The molecule has 1 heterocycles. The quantitative estimate of drug-likeness (QED) is 0.284. The van der Waals surface area contributed by atoms with E-state index in [1.807, 2.05) is 0 Å². The second-order valence-electron chi connectivity index (χ2n) is 10.1. The molecule has 1 saturated heterocycles. The van der Waals surface area contributed by atoms with Crippen LogP contribution in [0.2, 0.25) is 5.02 Å². The third-order valence-corrected chi connectivity index (χ3v) is 7.40. The predicted octanol–water partition coefficient (Wildman–Crippen LogP) is 5.53. The highest BCUT2D eigenvalue weighted by atomic mass is 35.5. The number of hydrogen-bond donors (Lipinski definition) is 1. The molecule has 2 aromatic carbocycles. The zero-order chi connectivity index (χ0) is 30.6. The van der Waals surface area contributed by atoms with Crippen LogP contribution in [-0.4, -0.2) is 79.7 Å². The number of amides is 2. The van der Waals surface area contributed by atoms with E-state index < -0.39 is 41.5 Å². The minimum Gasteiger partial charge on any atom is -0.497 e. The van der Waals surface area contributed by atoms with Crippen molar-refractivity contribution in [2.75, 3.05) is 40.9 Å². The molecule has 0 aliphatic carbocycles. The third-order valence-electron chi connectivity index (χ3n) is 7.09. The van der Waals surface area contributed by atoms with Gasteiger partial charge in [0.05, 0.1) is 24.3 Å². The third kappa shape index (κ3) is 7.21. The van der Waals surface area contributed by atoms with Crippen LogP contribution >= 0.6 is 11.6 Å². The van der Waals surface area contributed by atoms with Gasteiger partial charge in [-0.25, -0.2) is 8.78 Å². The molecule has 226 valence electrons. The second-order valence-corrected chi connectivity index (χ2v) is 10.5. The standard InChI is InChI=1S/C28H32ClF5N2O5/c1-35(2)24(37)22-9-8-21(17-23(22)29)41-15-5-12-26(30,31)18-10-13-36(14-11-18)25(38)27(39,28(32,33)34)19-6-4-7-20(16-19)40-3/h4,6-9,16-18,39H,5,10-15H2,1-3H3/t27-/m1/s1. The average Bonchev–Trinajstić information content (AvgIpc) is 2.93. The Morgan fingerprint density at radius 1 is 1.05 bits per heavy atom. The number of rotatable bonds is 10. The molecule has 1 atom stereocenters. The average molecular weight is 607 g/mol. The molecular formula is C28H32ClF5N2O5. The van der Waals surface area contributed by atoms with E-state index in [4.69, 9.17) is 21.1 Å². The number of hydrogen-bond acceptors (Lipinski definition) is 5. The Bertz CT molecular complexity index is 1230. The van der Waals surface area contributed by atoms with Crippen molar-refractivity contribution in [3.63, 3.8) is 0 Å². The Balaban J connectivity index is 1.56. The lowest BCUT2D eigenvalue weighted by atomic mass is 9.86. The summed E-state index contributed by atoms with van der Waals surface area (Å²) in [6, 6.07) is 8.88. The maximum absolute atomic E-state index is 15.0. The molecule has 3 rings (SSSR count). The molecule has 41 heavy (non-hydrogen) atoms. The first-order valence-corrected chi connectivity index (χ1v) is 13.2. The second kappa shape index (κ2) is 12.8. The van der Waals surface area contributed by atoms with Crippen molar-refractivity contribution in [1.29, 1.82) is 0 Å². The molecule has 0 saturated carbocycles. The maximum Gasteiger partial charge on any atom is 0.430 e. The van der Waals surface area contributed by atoms with Gasteiger partial charge in [-0.2, -0.15) is 13.2 Å². The molecule has 2 aromatic rings. The minimum atomic E-state index is -5.36. The molecule has 13 heteroatoms. The Morgan fingerprint density at radius 3 is 2.27 bits per heavy atom. The van der Waals surface area contributed by atoms with Gasteiger partial charge in [0, 0.05) is 45.1 Å². The van der Waals surface area contributed by atoms with Gasteiger partial charge in [0.25, 0.3) is 23.3 Å². The molecule has 1 aliphatic rings. The van der Waals surface area contributed by atoms with Crippen LogP contribution < -0.4 is 9.47 Å². The SMILES string of the molecule is COc1cccc([C@@](O)(C(=O)N2CCC(C(F)(F)CCCOc3ccc(C(=O)N(C)C)c(Cl)c3)CC2)C(F)(F)F)c1. The molecule has 0 spiro atoms. The highest BCUT2D eigenvalue weighted by Gasteiger charge is 2.62. The van der Waals surface area contributed by atoms with E-state index in [-0.39, 0.29) is 61.2 Å². The van der Waals surface area contributed by atoms with Gasteiger partial charge in [-0.3, -0.25) is 9.59 Å². The first kappa shape index (κ1) is 32.4. The Morgan fingerprint density at radius 2 is 1.71 bits per heavy atom. The normalized spacial score (nSPS) is 16.2. The molecule has 0 radical (unpaired) electrons. The number of nitrogens with zero attached hydrogens (tertiary/aromatic N) is 2.